The largest absolute Gasteiger partial charge is 0.286 e. The number of nitrogens with zero attached hydrogens (tertiary/aromatic N) is 1. The Bertz CT molecular complexity index is 353. The first kappa shape index (κ1) is 11.8. The van der Waals surface area contributed by atoms with Crippen molar-refractivity contribution in [2.45, 2.75) is 12.5 Å². The number of Topliss-reactive ketones (excluding diaryl/α,β-unsaturated/α-hetero) is 1. The first-order valence-electron chi connectivity index (χ1n) is 4.45. The number of hydrogen-bond donors (Lipinski definition) is 0. The second-order valence-electron chi connectivity index (χ2n) is 3.01. The third-order valence-corrected chi connectivity index (χ3v) is 2.46. The van der Waals surface area contributed by atoms with Crippen LogP contribution in [0.2, 0.25) is 0 Å². The van der Waals surface area contributed by atoms with Gasteiger partial charge in [0.2, 0.25) is 5.78 Å². The van der Waals surface area contributed by atoms with Crippen molar-refractivity contribution in [2.75, 3.05) is 5.33 Å². The van der Waals surface area contributed by atoms with E-state index < -0.39 is 16.7 Å². The Labute approximate surface area is 95.6 Å². The summed E-state index contributed by atoms with van der Waals surface area (Å²) in [5.41, 5.74) is 0.389. The predicted molar refractivity (Wildman–Crippen MR) is 60.0 cm³/mol. The van der Waals surface area contributed by atoms with E-state index >= 15 is 0 Å². The fraction of sp³-hybridized carbons (Fsp3) is 0.300. The van der Waals surface area contributed by atoms with E-state index in [-0.39, 0.29) is 6.42 Å². The van der Waals surface area contributed by atoms with Gasteiger partial charge in [-0.05, 0) is 0 Å². The van der Waals surface area contributed by atoms with Crippen molar-refractivity contribution in [3.05, 3.63) is 46.0 Å². The molecule has 0 N–H and O–H groups in total. The summed E-state index contributed by atoms with van der Waals surface area (Å²) in [6, 6.07) is 7.19. The van der Waals surface area contributed by atoms with Crippen LogP contribution in [0.25, 0.3) is 0 Å². The summed E-state index contributed by atoms with van der Waals surface area (Å²) in [6.45, 7) is 0. The third-order valence-electron chi connectivity index (χ3n) is 2.00. The van der Waals surface area contributed by atoms with E-state index in [1.807, 2.05) is 0 Å². The second-order valence-corrected chi connectivity index (χ2v) is 3.80. The van der Waals surface area contributed by atoms with Crippen LogP contribution in [-0.2, 0) is 0 Å². The summed E-state index contributed by atoms with van der Waals surface area (Å²) in [7, 11) is 0. The van der Waals surface area contributed by atoms with Crippen LogP contribution in [0.1, 0.15) is 16.8 Å². The fourth-order valence-electron chi connectivity index (χ4n) is 1.23. The smallest absolute Gasteiger partial charge is 0.275 e. The normalized spacial score (nSPS) is 12.1. The van der Waals surface area contributed by atoms with Gasteiger partial charge < -0.3 is 0 Å². The van der Waals surface area contributed by atoms with Crippen LogP contribution in [0.3, 0.4) is 0 Å². The molecule has 0 spiro atoms. The van der Waals surface area contributed by atoms with Gasteiger partial charge in [-0.15, -0.1) is 0 Å². The Morgan fingerprint density at radius 2 is 2.00 bits per heavy atom. The SMILES string of the molecule is O=C(c1ccccc1)C(CCBr)[N+](=O)[O-]. The highest BCUT2D eigenvalue weighted by Crippen LogP contribution is 2.09. The lowest BCUT2D eigenvalue weighted by Crippen LogP contribution is -2.30. The minimum absolute atomic E-state index is 0.209. The minimum Gasteiger partial charge on any atom is -0.286 e. The molecule has 0 amide bonds. The number of carbonyl (C=O) groups excluding carboxylic acids is 1. The van der Waals surface area contributed by atoms with Crippen molar-refractivity contribution in [1.29, 1.82) is 0 Å². The van der Waals surface area contributed by atoms with Gasteiger partial charge in [0, 0.05) is 22.2 Å². The molecule has 15 heavy (non-hydrogen) atoms. The lowest BCUT2D eigenvalue weighted by Gasteiger charge is -2.06. The monoisotopic (exact) mass is 271 g/mol. The maximum atomic E-state index is 11.7. The van der Waals surface area contributed by atoms with Crippen molar-refractivity contribution < 1.29 is 9.72 Å². The number of halogens is 1. The van der Waals surface area contributed by atoms with Crippen LogP contribution in [0.4, 0.5) is 0 Å². The summed E-state index contributed by atoms with van der Waals surface area (Å²) >= 11 is 3.10. The summed E-state index contributed by atoms with van der Waals surface area (Å²) in [4.78, 5) is 21.9. The molecule has 0 radical (unpaired) electrons. The number of nitro groups is 1. The molecule has 0 bridgehead atoms. The van der Waals surface area contributed by atoms with E-state index in [9.17, 15) is 14.9 Å². The molecule has 0 saturated carbocycles. The number of hydrogen-bond acceptors (Lipinski definition) is 3. The van der Waals surface area contributed by atoms with E-state index in [2.05, 4.69) is 15.9 Å². The van der Waals surface area contributed by atoms with E-state index in [0.717, 1.165) is 0 Å². The number of alkyl halides is 1. The highest BCUT2D eigenvalue weighted by atomic mass is 79.9. The highest BCUT2D eigenvalue weighted by molar-refractivity contribution is 9.09. The molecule has 1 unspecified atom stereocenters. The van der Waals surface area contributed by atoms with Crippen molar-refractivity contribution in [3.8, 4) is 0 Å². The van der Waals surface area contributed by atoms with Crippen LogP contribution < -0.4 is 0 Å². The molecule has 1 aromatic rings. The summed E-state index contributed by atoms with van der Waals surface area (Å²) in [5, 5.41) is 11.1. The van der Waals surface area contributed by atoms with Crippen LogP contribution in [0.5, 0.6) is 0 Å². The topological polar surface area (TPSA) is 60.2 Å². The molecule has 1 atom stereocenters. The predicted octanol–water partition coefficient (Wildman–Crippen LogP) is 2.30. The van der Waals surface area contributed by atoms with Crippen LogP contribution in [0, 0.1) is 10.1 Å². The van der Waals surface area contributed by atoms with Crippen molar-refractivity contribution >= 4 is 21.7 Å². The molecule has 5 heteroatoms. The standard InChI is InChI=1S/C10H10BrNO3/c11-7-6-9(12(14)15)10(13)8-4-2-1-3-5-8/h1-5,9H,6-7H2. The average Bonchev–Trinajstić information content (AvgIpc) is 2.26. The minimum atomic E-state index is -1.15. The molecule has 80 valence electrons. The van der Waals surface area contributed by atoms with Crippen LogP contribution in [0.15, 0.2) is 30.3 Å². The Kier molecular flexibility index (Phi) is 4.42. The molecule has 0 fully saturated rings. The maximum Gasteiger partial charge on any atom is 0.275 e. The fourth-order valence-corrected chi connectivity index (χ4v) is 1.66. The lowest BCUT2D eigenvalue weighted by molar-refractivity contribution is -0.505. The van der Waals surface area contributed by atoms with E-state index in [0.29, 0.717) is 10.9 Å². The molecule has 1 aromatic carbocycles. The van der Waals surface area contributed by atoms with E-state index in [1.54, 1.807) is 30.3 Å². The van der Waals surface area contributed by atoms with Gasteiger partial charge in [0.15, 0.2) is 0 Å². The Balaban J connectivity index is 2.86. The Hall–Kier alpha value is -1.23. The molecular weight excluding hydrogens is 262 g/mol. The van der Waals surface area contributed by atoms with Gasteiger partial charge in [-0.1, -0.05) is 46.3 Å². The van der Waals surface area contributed by atoms with Gasteiger partial charge in [0.25, 0.3) is 6.04 Å². The molecule has 0 aliphatic carbocycles. The number of rotatable bonds is 5. The third kappa shape index (κ3) is 3.13. The number of carbonyl (C=O) groups is 1. The van der Waals surface area contributed by atoms with Gasteiger partial charge in [-0.3, -0.25) is 14.9 Å². The molecule has 0 aliphatic heterocycles. The van der Waals surface area contributed by atoms with Gasteiger partial charge in [0.1, 0.15) is 0 Å². The van der Waals surface area contributed by atoms with E-state index in [1.165, 1.54) is 0 Å². The molecule has 0 saturated heterocycles. The van der Waals surface area contributed by atoms with Crippen molar-refractivity contribution in [2.24, 2.45) is 0 Å². The molecule has 4 nitrogen and oxygen atoms in total. The van der Waals surface area contributed by atoms with Crippen molar-refractivity contribution in [1.82, 2.24) is 0 Å². The van der Waals surface area contributed by atoms with Gasteiger partial charge >= 0.3 is 0 Å². The molecule has 0 heterocycles. The number of benzene rings is 1. The second kappa shape index (κ2) is 5.60. The highest BCUT2D eigenvalue weighted by Gasteiger charge is 2.29. The average molecular weight is 272 g/mol. The zero-order chi connectivity index (χ0) is 11.3. The van der Waals surface area contributed by atoms with Gasteiger partial charge in [0.05, 0.1) is 0 Å². The van der Waals surface area contributed by atoms with E-state index in [4.69, 9.17) is 0 Å². The lowest BCUT2D eigenvalue weighted by atomic mass is 10.0. The zero-order valence-electron chi connectivity index (χ0n) is 7.93. The summed E-state index contributed by atoms with van der Waals surface area (Å²) in [5.74, 6) is -0.431. The number of ketones is 1. The maximum absolute atomic E-state index is 11.7. The first-order valence-corrected chi connectivity index (χ1v) is 5.57. The molecule has 1 rings (SSSR count). The van der Waals surface area contributed by atoms with Crippen LogP contribution in [-0.4, -0.2) is 22.1 Å². The molecule has 0 aliphatic rings. The molecule has 0 aromatic heterocycles. The first-order chi connectivity index (χ1) is 7.16. The van der Waals surface area contributed by atoms with Gasteiger partial charge in [-0.25, -0.2) is 0 Å². The summed E-state index contributed by atoms with van der Waals surface area (Å²) in [6.07, 6.45) is 0.209. The van der Waals surface area contributed by atoms with Gasteiger partial charge in [-0.2, -0.15) is 0 Å². The Morgan fingerprint density at radius 1 is 1.40 bits per heavy atom. The summed E-state index contributed by atoms with van der Waals surface area (Å²) < 4.78 is 0. The molecular formula is C10H10BrNO3. The zero-order valence-corrected chi connectivity index (χ0v) is 9.51. The Morgan fingerprint density at radius 3 is 2.47 bits per heavy atom. The van der Waals surface area contributed by atoms with Crippen molar-refractivity contribution in [3.63, 3.8) is 0 Å². The quantitative estimate of drug-likeness (QED) is 0.357. The van der Waals surface area contributed by atoms with Crippen LogP contribution >= 0.6 is 15.9 Å².